The molecule has 3 rings (SSSR count). The van der Waals surface area contributed by atoms with E-state index in [1.54, 1.807) is 13.3 Å². The maximum atomic E-state index is 12.7. The van der Waals surface area contributed by atoms with Crippen LogP contribution in [-0.4, -0.2) is 41.1 Å². The van der Waals surface area contributed by atoms with Crippen LogP contribution in [0, 0.1) is 0 Å². The molecule has 1 fully saturated rings. The number of ether oxygens (including phenoxy) is 1. The summed E-state index contributed by atoms with van der Waals surface area (Å²) < 4.78 is 7.07. The van der Waals surface area contributed by atoms with Crippen LogP contribution in [0.1, 0.15) is 67.2 Å². The smallest absolute Gasteiger partial charge is 0.273 e. The number of benzene rings is 1. The van der Waals surface area contributed by atoms with Crippen LogP contribution < -0.4 is 15.4 Å². The molecule has 0 radical (unpaired) electrons. The summed E-state index contributed by atoms with van der Waals surface area (Å²) in [7, 11) is 1.65. The number of amides is 1. The molecule has 0 bridgehead atoms. The molecule has 0 aliphatic carbocycles. The zero-order chi connectivity index (χ0) is 19.1. The van der Waals surface area contributed by atoms with E-state index in [0.29, 0.717) is 11.7 Å². The minimum absolute atomic E-state index is 0.0487. The fourth-order valence-corrected chi connectivity index (χ4v) is 3.43. The van der Waals surface area contributed by atoms with E-state index in [2.05, 4.69) is 27.9 Å². The number of aromatic nitrogens is 3. The summed E-state index contributed by atoms with van der Waals surface area (Å²) in [5.41, 5.74) is 1.45. The summed E-state index contributed by atoms with van der Waals surface area (Å²) in [6, 6.07) is 8.13. The quantitative estimate of drug-likeness (QED) is 0.746. The molecule has 1 saturated heterocycles. The van der Waals surface area contributed by atoms with E-state index < -0.39 is 0 Å². The predicted octanol–water partition coefficient (Wildman–Crippen LogP) is 2.87. The van der Waals surface area contributed by atoms with Crippen LogP contribution in [0.3, 0.4) is 0 Å². The average molecular weight is 371 g/mol. The molecule has 7 nitrogen and oxygen atoms in total. The maximum Gasteiger partial charge on any atom is 0.273 e. The molecule has 1 atom stereocenters. The molecule has 2 N–H and O–H groups in total. The highest BCUT2D eigenvalue weighted by atomic mass is 16.5. The number of nitrogens with zero attached hydrogens (tertiary/aromatic N) is 3. The van der Waals surface area contributed by atoms with Crippen molar-refractivity contribution in [2.75, 3.05) is 20.2 Å². The van der Waals surface area contributed by atoms with E-state index >= 15 is 0 Å². The van der Waals surface area contributed by atoms with Crippen molar-refractivity contribution in [2.24, 2.45) is 0 Å². The third-order valence-electron chi connectivity index (χ3n) is 5.10. The molecule has 1 aromatic heterocycles. The van der Waals surface area contributed by atoms with Gasteiger partial charge in [0.15, 0.2) is 5.69 Å². The van der Waals surface area contributed by atoms with Gasteiger partial charge in [-0.2, -0.15) is 0 Å². The highest BCUT2D eigenvalue weighted by molar-refractivity contribution is 5.92. The average Bonchev–Trinajstić information content (AvgIpc) is 3.22. The first-order valence-electron chi connectivity index (χ1n) is 9.78. The molecule has 2 aromatic rings. The number of unbranched alkanes of at least 4 members (excludes halogenated alkanes) is 1. The molecule has 1 aliphatic rings. The normalized spacial score (nSPS) is 16.1. The zero-order valence-corrected chi connectivity index (χ0v) is 16.1. The Morgan fingerprint density at radius 3 is 2.74 bits per heavy atom. The Morgan fingerprint density at radius 1 is 1.33 bits per heavy atom. The Morgan fingerprint density at radius 2 is 2.07 bits per heavy atom. The van der Waals surface area contributed by atoms with Gasteiger partial charge in [-0.25, -0.2) is 4.68 Å². The first-order chi connectivity index (χ1) is 13.2. The molecule has 7 heteroatoms. The van der Waals surface area contributed by atoms with Crippen molar-refractivity contribution in [3.05, 3.63) is 41.7 Å². The van der Waals surface area contributed by atoms with Gasteiger partial charge in [0.25, 0.3) is 5.91 Å². The van der Waals surface area contributed by atoms with Crippen molar-refractivity contribution in [1.82, 2.24) is 25.6 Å². The second kappa shape index (κ2) is 9.50. The SMILES string of the molecule is CCCCC(NC(=O)c1cn(C2CCNCC2)nn1)c1ccc(OC)cc1. The summed E-state index contributed by atoms with van der Waals surface area (Å²) in [5.74, 6) is 0.635. The van der Waals surface area contributed by atoms with Gasteiger partial charge in [0, 0.05) is 0 Å². The number of hydrogen-bond donors (Lipinski definition) is 2. The molecular formula is C20H29N5O2. The molecule has 146 valence electrons. The fourth-order valence-electron chi connectivity index (χ4n) is 3.43. The number of carbonyl (C=O) groups is 1. The van der Waals surface area contributed by atoms with E-state index in [1.807, 2.05) is 28.9 Å². The van der Waals surface area contributed by atoms with Crippen molar-refractivity contribution in [3.8, 4) is 5.75 Å². The lowest BCUT2D eigenvalue weighted by atomic mass is 10.0. The van der Waals surface area contributed by atoms with Crippen molar-refractivity contribution in [3.63, 3.8) is 0 Å². The lowest BCUT2D eigenvalue weighted by molar-refractivity contribution is 0.0929. The number of hydrogen-bond acceptors (Lipinski definition) is 5. The Bertz CT molecular complexity index is 722. The van der Waals surface area contributed by atoms with Crippen molar-refractivity contribution >= 4 is 5.91 Å². The standard InChI is InChI=1S/C20H29N5O2/c1-3-4-5-18(15-6-8-17(27-2)9-7-15)22-20(26)19-14-25(24-23-19)16-10-12-21-13-11-16/h6-9,14,16,18,21H,3-5,10-13H2,1-2H3,(H,22,26). The van der Waals surface area contributed by atoms with E-state index in [1.165, 1.54) is 0 Å². The second-order valence-corrected chi connectivity index (χ2v) is 7.01. The van der Waals surface area contributed by atoms with Crippen LogP contribution in [0.5, 0.6) is 5.75 Å². The minimum atomic E-state index is -0.174. The van der Waals surface area contributed by atoms with Crippen LogP contribution in [0.2, 0.25) is 0 Å². The molecule has 2 heterocycles. The van der Waals surface area contributed by atoms with Gasteiger partial charge in [0.05, 0.1) is 25.4 Å². The topological polar surface area (TPSA) is 81.1 Å². The van der Waals surface area contributed by atoms with Gasteiger partial charge < -0.3 is 15.4 Å². The van der Waals surface area contributed by atoms with E-state index in [0.717, 1.165) is 56.5 Å². The van der Waals surface area contributed by atoms with Crippen molar-refractivity contribution < 1.29 is 9.53 Å². The van der Waals surface area contributed by atoms with Gasteiger partial charge >= 0.3 is 0 Å². The minimum Gasteiger partial charge on any atom is -0.497 e. The van der Waals surface area contributed by atoms with Crippen LogP contribution >= 0.6 is 0 Å². The molecule has 27 heavy (non-hydrogen) atoms. The van der Waals surface area contributed by atoms with Gasteiger partial charge in [0.2, 0.25) is 0 Å². The van der Waals surface area contributed by atoms with Crippen molar-refractivity contribution in [2.45, 2.75) is 51.1 Å². The Labute approximate surface area is 160 Å². The lowest BCUT2D eigenvalue weighted by Gasteiger charge is -2.22. The number of piperidine rings is 1. The van der Waals surface area contributed by atoms with Crippen LogP contribution in [0.15, 0.2) is 30.5 Å². The summed E-state index contributed by atoms with van der Waals surface area (Å²) >= 11 is 0. The van der Waals surface area contributed by atoms with E-state index in [9.17, 15) is 4.79 Å². The first-order valence-corrected chi connectivity index (χ1v) is 9.78. The molecule has 1 aliphatic heterocycles. The van der Waals surface area contributed by atoms with Gasteiger partial charge in [-0.05, 0) is 50.0 Å². The maximum absolute atomic E-state index is 12.7. The number of methoxy groups -OCH3 is 1. The van der Waals surface area contributed by atoms with Gasteiger partial charge in [0.1, 0.15) is 5.75 Å². The first kappa shape index (κ1) is 19.4. The van der Waals surface area contributed by atoms with Crippen LogP contribution in [0.25, 0.3) is 0 Å². The molecule has 1 amide bonds. The second-order valence-electron chi connectivity index (χ2n) is 7.01. The molecule has 1 aromatic carbocycles. The molecule has 0 saturated carbocycles. The number of nitrogens with one attached hydrogen (secondary N) is 2. The summed E-state index contributed by atoms with van der Waals surface area (Å²) in [6.07, 6.45) is 6.80. The molecule has 1 unspecified atom stereocenters. The lowest BCUT2D eigenvalue weighted by Crippen LogP contribution is -2.30. The molecular weight excluding hydrogens is 342 g/mol. The zero-order valence-electron chi connectivity index (χ0n) is 16.1. The fraction of sp³-hybridized carbons (Fsp3) is 0.550. The van der Waals surface area contributed by atoms with Crippen molar-refractivity contribution in [1.29, 1.82) is 0 Å². The van der Waals surface area contributed by atoms with Crippen LogP contribution in [-0.2, 0) is 0 Å². The summed E-state index contributed by atoms with van der Waals surface area (Å²) in [5, 5.41) is 14.8. The third-order valence-corrected chi connectivity index (χ3v) is 5.10. The largest absolute Gasteiger partial charge is 0.497 e. The summed E-state index contributed by atoms with van der Waals surface area (Å²) in [6.45, 7) is 4.10. The van der Waals surface area contributed by atoms with E-state index in [4.69, 9.17) is 4.74 Å². The number of rotatable bonds is 8. The van der Waals surface area contributed by atoms with E-state index in [-0.39, 0.29) is 11.9 Å². The van der Waals surface area contributed by atoms with Gasteiger partial charge in [-0.3, -0.25) is 4.79 Å². The number of carbonyl (C=O) groups excluding carboxylic acids is 1. The third kappa shape index (κ3) is 5.07. The van der Waals surface area contributed by atoms with Gasteiger partial charge in [-0.15, -0.1) is 5.10 Å². The molecule has 0 spiro atoms. The van der Waals surface area contributed by atoms with Crippen LogP contribution in [0.4, 0.5) is 0 Å². The predicted molar refractivity (Wildman–Crippen MR) is 104 cm³/mol. The Hall–Kier alpha value is -2.41. The monoisotopic (exact) mass is 371 g/mol. The Kier molecular flexibility index (Phi) is 6.81. The van der Waals surface area contributed by atoms with Gasteiger partial charge in [-0.1, -0.05) is 37.1 Å². The highest BCUT2D eigenvalue weighted by Crippen LogP contribution is 2.23. The highest BCUT2D eigenvalue weighted by Gasteiger charge is 2.21. The summed E-state index contributed by atoms with van der Waals surface area (Å²) in [4.78, 5) is 12.7. The Balaban J connectivity index is 1.68.